The predicted molar refractivity (Wildman–Crippen MR) is 134 cm³/mol. The Bertz CT molecular complexity index is 1350. The molecule has 1 aliphatic heterocycles. The van der Waals surface area contributed by atoms with Crippen LogP contribution in [0.25, 0.3) is 22.3 Å². The van der Waals surface area contributed by atoms with Crippen molar-refractivity contribution >= 4 is 22.8 Å². The number of carbonyl (C=O) groups is 1. The second-order valence-electron chi connectivity index (χ2n) is 8.44. The van der Waals surface area contributed by atoms with E-state index in [4.69, 9.17) is 15.6 Å². The number of allylic oxidation sites excluding steroid dienone is 1. The van der Waals surface area contributed by atoms with Crippen LogP contribution in [0, 0.1) is 0 Å². The molecule has 0 bridgehead atoms. The maximum atomic E-state index is 12.6. The van der Waals surface area contributed by atoms with Crippen LogP contribution < -0.4 is 10.5 Å². The van der Waals surface area contributed by atoms with Crippen LogP contribution in [0.1, 0.15) is 32.2 Å². The second-order valence-corrected chi connectivity index (χ2v) is 8.44. The molecule has 1 fully saturated rings. The van der Waals surface area contributed by atoms with Gasteiger partial charge in [0.25, 0.3) is 0 Å². The van der Waals surface area contributed by atoms with Crippen molar-refractivity contribution in [2.24, 2.45) is 0 Å². The van der Waals surface area contributed by atoms with E-state index in [2.05, 4.69) is 15.0 Å². The molecule has 1 unspecified atom stereocenters. The number of amides is 1. The third-order valence-corrected chi connectivity index (χ3v) is 6.04. The van der Waals surface area contributed by atoms with Crippen molar-refractivity contribution in [3.8, 4) is 22.9 Å². The molecule has 1 saturated heterocycles. The molecule has 4 heterocycles. The summed E-state index contributed by atoms with van der Waals surface area (Å²) >= 11 is 0. The summed E-state index contributed by atoms with van der Waals surface area (Å²) < 4.78 is 7.70. The summed E-state index contributed by atoms with van der Waals surface area (Å²) in [5.41, 5.74) is 8.37. The van der Waals surface area contributed by atoms with Crippen molar-refractivity contribution < 1.29 is 9.53 Å². The third kappa shape index (κ3) is 4.70. The van der Waals surface area contributed by atoms with Crippen LogP contribution in [-0.4, -0.2) is 48.6 Å². The van der Waals surface area contributed by atoms with Crippen LogP contribution >= 0.6 is 0 Å². The Hall–Kier alpha value is -4.27. The number of pyridine rings is 1. The Morgan fingerprint density at radius 3 is 2.80 bits per heavy atom. The molecule has 0 aliphatic carbocycles. The first-order chi connectivity index (χ1) is 17.1. The number of fused-ring (bicyclic) bond motifs is 1. The minimum atomic E-state index is -0.0121. The zero-order valence-electron chi connectivity index (χ0n) is 19.5. The number of nitrogens with two attached hydrogens (primary N) is 1. The minimum absolute atomic E-state index is 0.0121. The first-order valence-electron chi connectivity index (χ1n) is 11.8. The molecule has 2 N–H and O–H groups in total. The summed E-state index contributed by atoms with van der Waals surface area (Å²) in [6.45, 7) is 3.31. The van der Waals surface area contributed by atoms with Crippen LogP contribution in [0.3, 0.4) is 0 Å². The highest BCUT2D eigenvalue weighted by molar-refractivity contribution is 5.98. The van der Waals surface area contributed by atoms with E-state index >= 15 is 0 Å². The largest absolute Gasteiger partial charge is 0.439 e. The summed E-state index contributed by atoms with van der Waals surface area (Å²) in [4.78, 5) is 27.6. The average Bonchev–Trinajstić information content (AvgIpc) is 3.29. The quantitative estimate of drug-likeness (QED) is 0.417. The van der Waals surface area contributed by atoms with Crippen molar-refractivity contribution in [2.75, 3.05) is 18.8 Å². The molecule has 1 aliphatic rings. The van der Waals surface area contributed by atoms with Crippen LogP contribution in [0.2, 0.25) is 0 Å². The number of piperidine rings is 1. The van der Waals surface area contributed by atoms with Crippen molar-refractivity contribution in [1.29, 1.82) is 0 Å². The van der Waals surface area contributed by atoms with Crippen molar-refractivity contribution in [2.45, 2.75) is 32.2 Å². The molecule has 3 aromatic heterocycles. The van der Waals surface area contributed by atoms with Gasteiger partial charge in [0.05, 0.1) is 11.4 Å². The van der Waals surface area contributed by atoms with E-state index in [-0.39, 0.29) is 11.9 Å². The molecule has 0 saturated carbocycles. The van der Waals surface area contributed by atoms with Crippen LogP contribution in [0.15, 0.2) is 67.1 Å². The lowest BCUT2D eigenvalue weighted by Gasteiger charge is -2.32. The lowest BCUT2D eigenvalue weighted by atomic mass is 10.1. The standard InChI is InChI=1S/C26H27N7O2/c1-2-3-11-22(34)32-14-7-8-19(16-32)33-26-23(25(27)29-17-30-26)24(31-33)18-12-13-21(28-15-18)35-20-9-5-4-6-10-20/h3-6,9-13,15,17,19H,2,7-8,14,16H2,1H3,(H2,27,29,30). The van der Waals surface area contributed by atoms with E-state index in [0.29, 0.717) is 40.7 Å². The number of hydrogen-bond donors (Lipinski definition) is 1. The van der Waals surface area contributed by atoms with Gasteiger partial charge in [-0.2, -0.15) is 5.10 Å². The summed E-state index contributed by atoms with van der Waals surface area (Å²) in [5.74, 6) is 1.58. The van der Waals surface area contributed by atoms with Crippen molar-refractivity contribution in [1.82, 2.24) is 29.6 Å². The molecule has 1 atom stereocenters. The Balaban J connectivity index is 1.46. The zero-order valence-corrected chi connectivity index (χ0v) is 19.5. The molecule has 35 heavy (non-hydrogen) atoms. The Kier molecular flexibility index (Phi) is 6.38. The molecule has 9 nitrogen and oxygen atoms in total. The molecule has 178 valence electrons. The highest BCUT2D eigenvalue weighted by Crippen LogP contribution is 2.34. The summed E-state index contributed by atoms with van der Waals surface area (Å²) in [6, 6.07) is 13.2. The van der Waals surface area contributed by atoms with Crippen molar-refractivity contribution in [3.05, 3.63) is 67.1 Å². The van der Waals surface area contributed by atoms with E-state index in [0.717, 1.165) is 31.4 Å². The zero-order chi connectivity index (χ0) is 24.2. The summed E-state index contributed by atoms with van der Waals surface area (Å²) in [6.07, 6.45) is 9.31. The highest BCUT2D eigenvalue weighted by Gasteiger charge is 2.28. The monoisotopic (exact) mass is 469 g/mol. The molecule has 1 aromatic carbocycles. The van der Waals surface area contributed by atoms with Gasteiger partial charge >= 0.3 is 0 Å². The van der Waals surface area contributed by atoms with Gasteiger partial charge in [-0.15, -0.1) is 0 Å². The lowest BCUT2D eigenvalue weighted by molar-refractivity contribution is -0.127. The van der Waals surface area contributed by atoms with Crippen molar-refractivity contribution in [3.63, 3.8) is 0 Å². The fourth-order valence-corrected chi connectivity index (χ4v) is 4.32. The number of ether oxygens (including phenoxy) is 1. The van der Waals surface area contributed by atoms with Gasteiger partial charge in [-0.3, -0.25) is 4.79 Å². The van der Waals surface area contributed by atoms with Crippen LogP contribution in [-0.2, 0) is 4.79 Å². The fourth-order valence-electron chi connectivity index (χ4n) is 4.32. The third-order valence-electron chi connectivity index (χ3n) is 6.04. The Labute approximate surface area is 203 Å². The Morgan fingerprint density at radius 2 is 2.03 bits per heavy atom. The molecule has 0 radical (unpaired) electrons. The van der Waals surface area contributed by atoms with Crippen LogP contribution in [0.4, 0.5) is 5.82 Å². The van der Waals surface area contributed by atoms with E-state index < -0.39 is 0 Å². The van der Waals surface area contributed by atoms with E-state index in [1.165, 1.54) is 6.33 Å². The van der Waals surface area contributed by atoms with Gasteiger partial charge in [-0.05, 0) is 43.5 Å². The number of benzene rings is 1. The predicted octanol–water partition coefficient (Wildman–Crippen LogP) is 4.39. The van der Waals surface area contributed by atoms with Gasteiger partial charge in [-0.25, -0.2) is 19.6 Å². The fraction of sp³-hybridized carbons (Fsp3) is 0.269. The van der Waals surface area contributed by atoms with Gasteiger partial charge in [0.1, 0.15) is 23.6 Å². The maximum absolute atomic E-state index is 12.6. The number of para-hydroxylation sites is 1. The van der Waals surface area contributed by atoms with Gasteiger partial charge in [0, 0.05) is 30.9 Å². The highest BCUT2D eigenvalue weighted by atomic mass is 16.5. The molecule has 4 aromatic rings. The van der Waals surface area contributed by atoms with Gasteiger partial charge in [-0.1, -0.05) is 31.2 Å². The first-order valence-corrected chi connectivity index (χ1v) is 11.8. The van der Waals surface area contributed by atoms with Gasteiger partial charge < -0.3 is 15.4 Å². The minimum Gasteiger partial charge on any atom is -0.439 e. The number of rotatable bonds is 6. The number of nitrogen functional groups attached to an aromatic ring is 1. The van der Waals surface area contributed by atoms with E-state index in [1.807, 2.05) is 59.0 Å². The molecule has 5 rings (SSSR count). The molecule has 0 spiro atoms. The second kappa shape index (κ2) is 9.92. The summed E-state index contributed by atoms with van der Waals surface area (Å²) in [7, 11) is 0. The number of aromatic nitrogens is 5. The maximum Gasteiger partial charge on any atom is 0.246 e. The first kappa shape index (κ1) is 22.5. The number of likely N-dealkylation sites (tertiary alicyclic amines) is 1. The lowest BCUT2D eigenvalue weighted by Crippen LogP contribution is -2.40. The average molecular weight is 470 g/mol. The topological polar surface area (TPSA) is 112 Å². The van der Waals surface area contributed by atoms with Gasteiger partial charge in [0.2, 0.25) is 11.8 Å². The number of carbonyl (C=O) groups excluding carboxylic acids is 1. The van der Waals surface area contributed by atoms with Gasteiger partial charge in [0.15, 0.2) is 5.65 Å². The van der Waals surface area contributed by atoms with Crippen LogP contribution in [0.5, 0.6) is 11.6 Å². The number of nitrogens with zero attached hydrogens (tertiary/aromatic N) is 6. The molecule has 9 heteroatoms. The number of anilines is 1. The Morgan fingerprint density at radius 1 is 1.17 bits per heavy atom. The van der Waals surface area contributed by atoms with E-state index in [9.17, 15) is 4.79 Å². The SMILES string of the molecule is CCC=CC(=O)N1CCCC(n2nc(-c3ccc(Oc4ccccc4)nc3)c3c(N)ncnc32)C1. The molecular weight excluding hydrogens is 442 g/mol. The molecule has 1 amide bonds. The smallest absolute Gasteiger partial charge is 0.246 e. The normalized spacial score (nSPS) is 16.1. The van der Waals surface area contributed by atoms with E-state index in [1.54, 1.807) is 18.3 Å². The molecular formula is C26H27N7O2. The number of hydrogen-bond acceptors (Lipinski definition) is 7. The summed E-state index contributed by atoms with van der Waals surface area (Å²) in [5, 5.41) is 5.59.